The second kappa shape index (κ2) is 8.96. The Morgan fingerprint density at radius 3 is 2.16 bits per heavy atom. The van der Waals surface area contributed by atoms with Crippen molar-refractivity contribution in [3.63, 3.8) is 0 Å². The molecule has 7 nitrogen and oxygen atoms in total. The molecule has 0 bridgehead atoms. The molecule has 25 heavy (non-hydrogen) atoms. The van der Waals surface area contributed by atoms with Crippen LogP contribution in [0.25, 0.3) is 0 Å². The number of benzene rings is 1. The van der Waals surface area contributed by atoms with Gasteiger partial charge in [0.2, 0.25) is 15.9 Å². The topological polar surface area (TPSA) is 107 Å². The first-order valence-corrected chi connectivity index (χ1v) is 9.59. The van der Waals surface area contributed by atoms with Gasteiger partial charge < -0.3 is 9.64 Å². The van der Waals surface area contributed by atoms with Gasteiger partial charge in [0.25, 0.3) is 0 Å². The van der Waals surface area contributed by atoms with Crippen LogP contribution in [0.2, 0.25) is 0 Å². The third-order valence-corrected chi connectivity index (χ3v) is 4.75. The molecule has 0 fully saturated rings. The Bertz CT molecular complexity index is 698. The van der Waals surface area contributed by atoms with Crippen LogP contribution >= 0.6 is 0 Å². The number of esters is 1. The zero-order chi connectivity index (χ0) is 19.2. The summed E-state index contributed by atoms with van der Waals surface area (Å²) >= 11 is 0. The second-order valence-electron chi connectivity index (χ2n) is 6.30. The highest BCUT2D eigenvalue weighted by Gasteiger charge is 2.23. The first-order valence-electron chi connectivity index (χ1n) is 8.04. The number of primary sulfonamides is 1. The van der Waals surface area contributed by atoms with Crippen molar-refractivity contribution in [3.8, 4) is 0 Å². The van der Waals surface area contributed by atoms with Crippen LogP contribution in [0.4, 0.5) is 0 Å². The van der Waals surface area contributed by atoms with Crippen LogP contribution < -0.4 is 5.14 Å². The lowest BCUT2D eigenvalue weighted by Crippen LogP contribution is -2.40. The van der Waals surface area contributed by atoms with E-state index < -0.39 is 15.9 Å². The maximum Gasteiger partial charge on any atom is 0.310 e. The van der Waals surface area contributed by atoms with Crippen LogP contribution in [0.3, 0.4) is 0 Å². The number of methoxy groups -OCH3 is 1. The molecule has 0 aliphatic rings. The zero-order valence-electron chi connectivity index (χ0n) is 15.1. The number of amides is 1. The Hall–Kier alpha value is -1.93. The molecule has 1 aromatic rings. The lowest BCUT2D eigenvalue weighted by Gasteiger charge is -2.27. The Balaban J connectivity index is 2.81. The summed E-state index contributed by atoms with van der Waals surface area (Å²) in [7, 11) is -2.40. The summed E-state index contributed by atoms with van der Waals surface area (Å²) in [5.74, 6) is -1.01. The third-order valence-electron chi connectivity index (χ3n) is 3.83. The maximum absolute atomic E-state index is 12.4. The number of carbonyl (C=O) groups is 2. The van der Waals surface area contributed by atoms with E-state index in [9.17, 15) is 18.0 Å². The fourth-order valence-corrected chi connectivity index (χ4v) is 2.89. The molecule has 1 amide bonds. The lowest BCUT2D eigenvalue weighted by molar-refractivity contribution is -0.146. The van der Waals surface area contributed by atoms with Gasteiger partial charge in [-0.05, 0) is 24.1 Å². The van der Waals surface area contributed by atoms with E-state index in [0.29, 0.717) is 13.0 Å². The summed E-state index contributed by atoms with van der Waals surface area (Å²) in [6.07, 6.45) is 0.539. The SMILES string of the molecule is COC(=O)C(C)CN(CCc1ccc(S(N)(=O)=O)cc1)C(=O)C(C)C. The molecule has 1 aromatic carbocycles. The van der Waals surface area contributed by atoms with Gasteiger partial charge in [-0.1, -0.05) is 32.9 Å². The van der Waals surface area contributed by atoms with Gasteiger partial charge in [-0.3, -0.25) is 9.59 Å². The van der Waals surface area contributed by atoms with Gasteiger partial charge in [0.15, 0.2) is 0 Å². The Morgan fingerprint density at radius 2 is 1.72 bits per heavy atom. The molecule has 0 aliphatic heterocycles. The molecule has 0 radical (unpaired) electrons. The predicted octanol–water partition coefficient (Wildman–Crippen LogP) is 1.17. The molecule has 0 heterocycles. The molecular weight excluding hydrogens is 344 g/mol. The zero-order valence-corrected chi connectivity index (χ0v) is 15.9. The molecule has 8 heteroatoms. The van der Waals surface area contributed by atoms with Crippen LogP contribution in [0.15, 0.2) is 29.2 Å². The Kier molecular flexibility index (Phi) is 7.57. The Morgan fingerprint density at radius 1 is 1.16 bits per heavy atom. The van der Waals surface area contributed by atoms with Gasteiger partial charge in [0.05, 0.1) is 17.9 Å². The van der Waals surface area contributed by atoms with Crippen molar-refractivity contribution in [1.82, 2.24) is 4.90 Å². The lowest BCUT2D eigenvalue weighted by atomic mass is 10.1. The van der Waals surface area contributed by atoms with E-state index in [0.717, 1.165) is 5.56 Å². The Labute approximate surface area is 149 Å². The number of ether oxygens (including phenoxy) is 1. The summed E-state index contributed by atoms with van der Waals surface area (Å²) < 4.78 is 27.3. The molecule has 0 saturated heterocycles. The minimum absolute atomic E-state index is 0.0445. The van der Waals surface area contributed by atoms with Crippen LogP contribution in [-0.4, -0.2) is 45.4 Å². The van der Waals surface area contributed by atoms with Crippen LogP contribution in [0.5, 0.6) is 0 Å². The minimum Gasteiger partial charge on any atom is -0.469 e. The van der Waals surface area contributed by atoms with Crippen molar-refractivity contribution < 1.29 is 22.7 Å². The van der Waals surface area contributed by atoms with Gasteiger partial charge in [0, 0.05) is 19.0 Å². The van der Waals surface area contributed by atoms with Crippen LogP contribution in [0, 0.1) is 11.8 Å². The van der Waals surface area contributed by atoms with E-state index in [1.54, 1.807) is 37.8 Å². The van der Waals surface area contributed by atoms with Crippen molar-refractivity contribution in [1.29, 1.82) is 0 Å². The fourth-order valence-electron chi connectivity index (χ4n) is 2.37. The summed E-state index contributed by atoms with van der Waals surface area (Å²) in [6.45, 7) is 6.03. The molecule has 2 N–H and O–H groups in total. The largest absolute Gasteiger partial charge is 0.469 e. The quantitative estimate of drug-likeness (QED) is 0.691. The highest BCUT2D eigenvalue weighted by atomic mass is 32.2. The van der Waals surface area contributed by atoms with E-state index in [1.165, 1.54) is 19.2 Å². The number of hydrogen-bond donors (Lipinski definition) is 1. The number of rotatable bonds is 8. The normalized spacial score (nSPS) is 12.7. The smallest absolute Gasteiger partial charge is 0.310 e. The number of sulfonamides is 1. The second-order valence-corrected chi connectivity index (χ2v) is 7.86. The van der Waals surface area contributed by atoms with E-state index >= 15 is 0 Å². The fraction of sp³-hybridized carbons (Fsp3) is 0.529. The highest BCUT2D eigenvalue weighted by molar-refractivity contribution is 7.89. The summed E-state index contributed by atoms with van der Waals surface area (Å²) in [5.41, 5.74) is 0.875. The van der Waals surface area contributed by atoms with Gasteiger partial charge in [-0.25, -0.2) is 13.6 Å². The van der Waals surface area contributed by atoms with Crippen molar-refractivity contribution >= 4 is 21.9 Å². The number of hydrogen-bond acceptors (Lipinski definition) is 5. The molecule has 1 rings (SSSR count). The average Bonchev–Trinajstić information content (AvgIpc) is 2.56. The predicted molar refractivity (Wildman–Crippen MR) is 94.1 cm³/mol. The van der Waals surface area contributed by atoms with Crippen LogP contribution in [0.1, 0.15) is 26.3 Å². The van der Waals surface area contributed by atoms with Gasteiger partial charge in [-0.15, -0.1) is 0 Å². The van der Waals surface area contributed by atoms with E-state index in [4.69, 9.17) is 9.88 Å². The molecule has 0 spiro atoms. The summed E-state index contributed by atoms with van der Waals surface area (Å²) in [4.78, 5) is 25.7. The summed E-state index contributed by atoms with van der Waals surface area (Å²) in [6, 6.07) is 6.22. The molecule has 140 valence electrons. The monoisotopic (exact) mass is 370 g/mol. The molecule has 0 aromatic heterocycles. The van der Waals surface area contributed by atoms with E-state index in [-0.39, 0.29) is 29.2 Å². The standard InChI is InChI=1S/C17H26N2O5S/c1-12(2)16(20)19(11-13(3)17(21)24-4)10-9-14-5-7-15(8-6-14)25(18,22)23/h5-8,12-13H,9-11H2,1-4H3,(H2,18,22,23). The summed E-state index contributed by atoms with van der Waals surface area (Å²) in [5, 5.41) is 5.07. The molecule has 1 unspecified atom stereocenters. The van der Waals surface area contributed by atoms with Gasteiger partial charge in [0.1, 0.15) is 0 Å². The highest BCUT2D eigenvalue weighted by Crippen LogP contribution is 2.12. The van der Waals surface area contributed by atoms with Crippen molar-refractivity contribution in [3.05, 3.63) is 29.8 Å². The average molecular weight is 370 g/mol. The van der Waals surface area contributed by atoms with Gasteiger partial charge >= 0.3 is 5.97 Å². The number of nitrogens with zero attached hydrogens (tertiary/aromatic N) is 1. The first kappa shape index (κ1) is 21.1. The molecular formula is C17H26N2O5S. The maximum atomic E-state index is 12.4. The van der Waals surface area contributed by atoms with Gasteiger partial charge in [-0.2, -0.15) is 0 Å². The van der Waals surface area contributed by atoms with Crippen molar-refractivity contribution in [2.75, 3.05) is 20.2 Å². The third kappa shape index (κ3) is 6.47. The molecule has 1 atom stereocenters. The van der Waals surface area contributed by atoms with E-state index in [2.05, 4.69) is 0 Å². The minimum atomic E-state index is -3.72. The van der Waals surface area contributed by atoms with E-state index in [1.807, 2.05) is 0 Å². The van der Waals surface area contributed by atoms with Crippen LogP contribution in [-0.2, 0) is 30.8 Å². The number of carbonyl (C=O) groups excluding carboxylic acids is 2. The molecule has 0 saturated carbocycles. The first-order chi connectivity index (χ1) is 11.6. The number of nitrogens with two attached hydrogens (primary N) is 1. The van der Waals surface area contributed by atoms with Crippen molar-refractivity contribution in [2.24, 2.45) is 17.0 Å². The van der Waals surface area contributed by atoms with Crippen molar-refractivity contribution in [2.45, 2.75) is 32.1 Å². The molecule has 0 aliphatic carbocycles.